The summed E-state index contributed by atoms with van der Waals surface area (Å²) in [6, 6.07) is 27.1. The summed E-state index contributed by atoms with van der Waals surface area (Å²) in [6.45, 7) is 2.47. The number of benzene rings is 3. The number of phenolic OH excluding ortho intramolecular Hbond substituents is 1. The van der Waals surface area contributed by atoms with E-state index in [1.807, 2.05) is 12.1 Å². The Balaban J connectivity index is 1.19. The Bertz CT molecular complexity index is 955. The maximum atomic E-state index is 10.4. The Kier molecular flexibility index (Phi) is 14.5. The van der Waals surface area contributed by atoms with Gasteiger partial charge in [-0.2, -0.15) is 0 Å². The molecule has 0 aliphatic rings. The second-order valence-electron chi connectivity index (χ2n) is 10.0. The summed E-state index contributed by atoms with van der Waals surface area (Å²) >= 11 is 0. The molecule has 0 saturated carbocycles. The predicted octanol–water partition coefficient (Wildman–Crippen LogP) is 8.81. The Labute approximate surface area is 224 Å². The van der Waals surface area contributed by atoms with Gasteiger partial charge in [-0.25, -0.2) is 0 Å². The molecule has 0 atom stereocenters. The molecular weight excluding hydrogens is 456 g/mol. The first-order chi connectivity index (χ1) is 18.3. The van der Waals surface area contributed by atoms with E-state index in [1.165, 1.54) is 75.3 Å². The summed E-state index contributed by atoms with van der Waals surface area (Å²) in [6.07, 6.45) is 14.4. The number of unbranched alkanes of at least 4 members (excludes halogenated alkanes) is 8. The molecule has 0 amide bonds. The minimum Gasteiger partial charge on any atom is -0.508 e. The van der Waals surface area contributed by atoms with Crippen LogP contribution in [0.2, 0.25) is 0 Å². The summed E-state index contributed by atoms with van der Waals surface area (Å²) in [4.78, 5) is 0. The van der Waals surface area contributed by atoms with Crippen molar-refractivity contribution in [2.75, 3.05) is 13.2 Å². The maximum absolute atomic E-state index is 10.4. The van der Waals surface area contributed by atoms with Crippen molar-refractivity contribution in [3.8, 4) is 5.75 Å². The van der Waals surface area contributed by atoms with Crippen molar-refractivity contribution in [3.63, 3.8) is 0 Å². The molecule has 3 rings (SSSR count). The normalized spacial score (nSPS) is 11.1. The zero-order valence-corrected chi connectivity index (χ0v) is 22.6. The minimum absolute atomic E-state index is 0.306. The lowest BCUT2D eigenvalue weighted by Gasteiger charge is -2.13. The van der Waals surface area contributed by atoms with Crippen molar-refractivity contribution < 1.29 is 14.6 Å². The number of rotatable bonds is 20. The van der Waals surface area contributed by atoms with Gasteiger partial charge in [0.2, 0.25) is 0 Å². The second-order valence-corrected chi connectivity index (χ2v) is 10.0. The molecule has 0 aromatic heterocycles. The highest BCUT2D eigenvalue weighted by molar-refractivity contribution is 5.38. The molecule has 0 aliphatic heterocycles. The molecule has 1 N–H and O–H groups in total. The Hall–Kier alpha value is -2.62. The molecule has 0 saturated heterocycles. The zero-order chi connectivity index (χ0) is 25.8. The molecule has 0 aliphatic carbocycles. The van der Waals surface area contributed by atoms with E-state index in [-0.39, 0.29) is 0 Å². The van der Waals surface area contributed by atoms with Gasteiger partial charge in [0.15, 0.2) is 0 Å². The van der Waals surface area contributed by atoms with E-state index in [1.54, 1.807) is 6.07 Å². The predicted molar refractivity (Wildman–Crippen MR) is 154 cm³/mol. The SMILES string of the molecule is Oc1cccc(COCCCCCCCc2ccccc2)c1COCCCCCCCc1ccccc1. The fourth-order valence-corrected chi connectivity index (χ4v) is 4.70. The third-order valence-corrected chi connectivity index (χ3v) is 6.95. The van der Waals surface area contributed by atoms with Gasteiger partial charge in [0.05, 0.1) is 13.2 Å². The minimum atomic E-state index is 0.306. The number of aryl methyl sites for hydroxylation is 2. The number of phenols is 1. The Morgan fingerprint density at radius 3 is 1.51 bits per heavy atom. The first-order valence-corrected chi connectivity index (χ1v) is 14.4. The highest BCUT2D eigenvalue weighted by Crippen LogP contribution is 2.23. The van der Waals surface area contributed by atoms with Crippen LogP contribution in [0.4, 0.5) is 0 Å². The molecular formula is C34H46O3. The van der Waals surface area contributed by atoms with E-state index < -0.39 is 0 Å². The third kappa shape index (κ3) is 12.5. The van der Waals surface area contributed by atoms with Crippen LogP contribution in [0.25, 0.3) is 0 Å². The molecule has 0 heterocycles. The van der Waals surface area contributed by atoms with Crippen LogP contribution >= 0.6 is 0 Å². The van der Waals surface area contributed by atoms with Gasteiger partial charge in [0.1, 0.15) is 5.75 Å². The first-order valence-electron chi connectivity index (χ1n) is 14.4. The Morgan fingerprint density at radius 2 is 0.946 bits per heavy atom. The van der Waals surface area contributed by atoms with Gasteiger partial charge in [-0.05, 0) is 61.3 Å². The summed E-state index contributed by atoms with van der Waals surface area (Å²) in [5.41, 5.74) is 4.77. The van der Waals surface area contributed by atoms with Crippen LogP contribution in [-0.4, -0.2) is 18.3 Å². The number of aromatic hydroxyl groups is 1. The number of hydrogen-bond acceptors (Lipinski definition) is 3. The van der Waals surface area contributed by atoms with Gasteiger partial charge >= 0.3 is 0 Å². The van der Waals surface area contributed by atoms with Crippen LogP contribution in [0, 0.1) is 0 Å². The first kappa shape index (κ1) is 28.9. The number of ether oxygens (including phenoxy) is 2. The molecule has 0 radical (unpaired) electrons. The summed E-state index contributed by atoms with van der Waals surface area (Å²) < 4.78 is 11.9. The van der Waals surface area contributed by atoms with Crippen molar-refractivity contribution in [1.29, 1.82) is 0 Å². The monoisotopic (exact) mass is 502 g/mol. The van der Waals surface area contributed by atoms with Crippen molar-refractivity contribution >= 4 is 0 Å². The average Bonchev–Trinajstić information content (AvgIpc) is 2.93. The lowest BCUT2D eigenvalue weighted by Crippen LogP contribution is -2.03. The molecule has 3 heteroatoms. The topological polar surface area (TPSA) is 38.7 Å². The highest BCUT2D eigenvalue weighted by atomic mass is 16.5. The smallest absolute Gasteiger partial charge is 0.121 e. The molecule has 0 spiro atoms. The van der Waals surface area contributed by atoms with Crippen LogP contribution in [0.3, 0.4) is 0 Å². The molecule has 0 bridgehead atoms. The molecule has 0 unspecified atom stereocenters. The number of hydrogen-bond donors (Lipinski definition) is 1. The quantitative estimate of drug-likeness (QED) is 0.157. The fourth-order valence-electron chi connectivity index (χ4n) is 4.70. The van der Waals surface area contributed by atoms with E-state index in [0.717, 1.165) is 37.2 Å². The summed E-state index contributed by atoms with van der Waals surface area (Å²) in [7, 11) is 0. The summed E-state index contributed by atoms with van der Waals surface area (Å²) in [5.74, 6) is 0.306. The van der Waals surface area contributed by atoms with Gasteiger partial charge in [0.25, 0.3) is 0 Å². The van der Waals surface area contributed by atoms with Crippen LogP contribution in [-0.2, 0) is 35.5 Å². The molecule has 0 fully saturated rings. The molecule has 200 valence electrons. The molecule has 3 aromatic carbocycles. The third-order valence-electron chi connectivity index (χ3n) is 6.95. The van der Waals surface area contributed by atoms with Crippen molar-refractivity contribution in [2.24, 2.45) is 0 Å². The van der Waals surface area contributed by atoms with Gasteiger partial charge in [-0.15, -0.1) is 0 Å². The van der Waals surface area contributed by atoms with Crippen LogP contribution < -0.4 is 0 Å². The van der Waals surface area contributed by atoms with Crippen LogP contribution in [0.5, 0.6) is 5.75 Å². The highest BCUT2D eigenvalue weighted by Gasteiger charge is 2.08. The average molecular weight is 503 g/mol. The zero-order valence-electron chi connectivity index (χ0n) is 22.6. The molecule has 3 aromatic rings. The van der Waals surface area contributed by atoms with E-state index >= 15 is 0 Å². The van der Waals surface area contributed by atoms with Crippen molar-refractivity contribution in [3.05, 3.63) is 101 Å². The van der Waals surface area contributed by atoms with E-state index in [2.05, 4.69) is 60.7 Å². The molecule has 3 nitrogen and oxygen atoms in total. The van der Waals surface area contributed by atoms with Gasteiger partial charge in [-0.3, -0.25) is 0 Å². The fraction of sp³-hybridized carbons (Fsp3) is 0.471. The van der Waals surface area contributed by atoms with E-state index in [4.69, 9.17) is 9.47 Å². The van der Waals surface area contributed by atoms with Crippen molar-refractivity contribution in [2.45, 2.75) is 90.3 Å². The van der Waals surface area contributed by atoms with Crippen LogP contribution in [0.1, 0.15) is 86.5 Å². The van der Waals surface area contributed by atoms with Gasteiger partial charge in [0, 0.05) is 18.8 Å². The van der Waals surface area contributed by atoms with Gasteiger partial charge in [-0.1, -0.05) is 111 Å². The molecule has 37 heavy (non-hydrogen) atoms. The summed E-state index contributed by atoms with van der Waals surface area (Å²) in [5, 5.41) is 10.4. The van der Waals surface area contributed by atoms with E-state index in [9.17, 15) is 5.11 Å². The van der Waals surface area contributed by atoms with Crippen LogP contribution in [0.15, 0.2) is 78.9 Å². The lowest BCUT2D eigenvalue weighted by molar-refractivity contribution is 0.102. The second kappa shape index (κ2) is 18.6. The lowest BCUT2D eigenvalue weighted by atomic mass is 10.1. The Morgan fingerprint density at radius 1 is 0.459 bits per heavy atom. The standard InChI is InChI=1S/C34H46O3/c35-34-25-17-24-32(28-36-26-15-5-1-3-9-18-30-20-11-7-12-21-30)33(34)29-37-27-16-6-2-4-10-19-31-22-13-8-14-23-31/h7-8,11-14,17,20-25,35H,1-6,9-10,15-16,18-19,26-29H2. The van der Waals surface area contributed by atoms with Gasteiger partial charge < -0.3 is 14.6 Å². The van der Waals surface area contributed by atoms with Crippen molar-refractivity contribution in [1.82, 2.24) is 0 Å². The van der Waals surface area contributed by atoms with E-state index in [0.29, 0.717) is 19.0 Å². The largest absolute Gasteiger partial charge is 0.508 e. The maximum Gasteiger partial charge on any atom is 0.121 e.